The van der Waals surface area contributed by atoms with Gasteiger partial charge in [-0.15, -0.1) is 0 Å². The molecule has 0 radical (unpaired) electrons. The van der Waals surface area contributed by atoms with Crippen LogP contribution in [0.1, 0.15) is 140 Å². The van der Waals surface area contributed by atoms with Crippen molar-refractivity contribution in [3.63, 3.8) is 0 Å². The van der Waals surface area contributed by atoms with E-state index in [-0.39, 0.29) is 21.7 Å². The summed E-state index contributed by atoms with van der Waals surface area (Å²) in [6.45, 7) is 30.8. The molecule has 0 aromatic heterocycles. The molecule has 2 aliphatic rings. The van der Waals surface area contributed by atoms with Crippen LogP contribution in [-0.4, -0.2) is 0 Å². The Morgan fingerprint density at radius 1 is 0.653 bits per heavy atom. The van der Waals surface area contributed by atoms with E-state index in [0.29, 0.717) is 0 Å². The van der Waals surface area contributed by atoms with Crippen LogP contribution in [0.4, 0.5) is 0 Å². The van der Waals surface area contributed by atoms with Crippen molar-refractivity contribution in [3.8, 4) is 0 Å². The molecule has 0 amide bonds. The number of fused-ring (bicyclic) bond motifs is 2. The van der Waals surface area contributed by atoms with E-state index in [0.717, 1.165) is 17.0 Å². The quantitative estimate of drug-likeness (QED) is 0.180. The molecule has 0 aliphatic heterocycles. The van der Waals surface area contributed by atoms with Crippen molar-refractivity contribution < 1.29 is 0 Å². The summed E-state index contributed by atoms with van der Waals surface area (Å²) < 4.78 is 0. The first-order valence-electron chi connectivity index (χ1n) is 18.0. The number of hydrogen-bond donors (Lipinski definition) is 0. The van der Waals surface area contributed by atoms with Crippen LogP contribution in [-0.2, 0) is 21.7 Å². The molecule has 4 aromatic rings. The second kappa shape index (κ2) is 12.0. The molecule has 1 heteroatoms. The minimum Gasteiger partial charge on any atom is -0.0843 e. The van der Waals surface area contributed by atoms with E-state index in [2.05, 4.69) is 169 Å². The Morgan fingerprint density at radius 2 is 1.27 bits per heavy atom. The van der Waals surface area contributed by atoms with Crippen molar-refractivity contribution in [1.29, 1.82) is 0 Å². The largest absolute Gasteiger partial charge is 0.0843 e. The molecule has 4 aromatic carbocycles. The van der Waals surface area contributed by atoms with E-state index >= 15 is 0 Å². The van der Waals surface area contributed by atoms with Crippen LogP contribution in [0.2, 0.25) is 5.02 Å². The van der Waals surface area contributed by atoms with Gasteiger partial charge in [0, 0.05) is 5.02 Å². The minimum atomic E-state index is -0.163. The molecule has 0 bridgehead atoms. The van der Waals surface area contributed by atoms with Crippen molar-refractivity contribution in [2.45, 2.75) is 118 Å². The molecular weight excluding hydrogens is 612 g/mol. The molecule has 254 valence electrons. The number of halogens is 1. The van der Waals surface area contributed by atoms with Crippen LogP contribution < -0.4 is 10.4 Å². The summed E-state index contributed by atoms with van der Waals surface area (Å²) in [5.74, 6) is 0. The fourth-order valence-corrected chi connectivity index (χ4v) is 8.27. The molecule has 0 heterocycles. The van der Waals surface area contributed by atoms with Crippen LogP contribution in [0.15, 0.2) is 78.9 Å². The molecule has 0 N–H and O–H groups in total. The number of allylic oxidation sites excluding steroid dienone is 4. The van der Waals surface area contributed by atoms with Crippen LogP contribution >= 0.6 is 11.6 Å². The zero-order chi connectivity index (χ0) is 35.8. The summed E-state index contributed by atoms with van der Waals surface area (Å²) in [7, 11) is 0. The van der Waals surface area contributed by atoms with Gasteiger partial charge < -0.3 is 0 Å². The van der Waals surface area contributed by atoms with Crippen LogP contribution in [0.3, 0.4) is 0 Å². The van der Waals surface area contributed by atoms with Crippen molar-refractivity contribution >= 4 is 28.8 Å². The average Bonchev–Trinajstić information content (AvgIpc) is 3.63. The van der Waals surface area contributed by atoms with Crippen LogP contribution in [0.5, 0.6) is 0 Å². The Labute approximate surface area is 300 Å². The third-order valence-corrected chi connectivity index (χ3v) is 10.4. The highest BCUT2D eigenvalue weighted by Gasteiger charge is 2.35. The van der Waals surface area contributed by atoms with Crippen molar-refractivity contribution in [2.75, 3.05) is 0 Å². The van der Waals surface area contributed by atoms with Crippen molar-refractivity contribution in [2.24, 2.45) is 0 Å². The van der Waals surface area contributed by atoms with Crippen LogP contribution in [0, 0.1) is 17.4 Å². The van der Waals surface area contributed by atoms with E-state index in [9.17, 15) is 0 Å². The predicted molar refractivity (Wildman–Crippen MR) is 214 cm³/mol. The lowest BCUT2D eigenvalue weighted by molar-refractivity contribution is 0.524. The molecule has 0 spiro atoms. The Bertz CT molecular complexity index is 2260. The first-order chi connectivity index (χ1) is 22.7. The lowest BCUT2D eigenvalue weighted by atomic mass is 9.68. The van der Waals surface area contributed by atoms with Gasteiger partial charge in [-0.3, -0.25) is 0 Å². The number of aryl methyl sites for hydroxylation is 1. The van der Waals surface area contributed by atoms with Crippen LogP contribution in [0.25, 0.3) is 17.2 Å². The van der Waals surface area contributed by atoms with Gasteiger partial charge in [-0.1, -0.05) is 161 Å². The standard InChI is InChI=1S/C48H55Cl/c1-29-21-23-31(24-22-29)39(32-19-16-20-34(49)25-32)42-41-35-28-38(46(5,6)7)37(45(2,3)4)27-33(35)26-36(41)40(30-17-14-15-18-30)43(47(8,9)10)44(42)48(11,12)13/h14-17,19-28H,18H2,1-13H3. The maximum absolute atomic E-state index is 6.83. The topological polar surface area (TPSA) is 0 Å². The van der Waals surface area contributed by atoms with E-state index < -0.39 is 0 Å². The smallest absolute Gasteiger partial charge is 0.0412 e. The monoisotopic (exact) mass is 666 g/mol. The normalized spacial score (nSPS) is 15.2. The Morgan fingerprint density at radius 3 is 1.80 bits per heavy atom. The van der Waals surface area contributed by atoms with Gasteiger partial charge >= 0.3 is 0 Å². The lowest BCUT2D eigenvalue weighted by Gasteiger charge is -2.35. The second-order valence-electron chi connectivity index (χ2n) is 18.5. The average molecular weight is 667 g/mol. The summed E-state index contributed by atoms with van der Waals surface area (Å²) in [6.07, 6.45) is 10.4. The highest BCUT2D eigenvalue weighted by atomic mass is 35.5. The third-order valence-electron chi connectivity index (χ3n) is 10.2. The summed E-state index contributed by atoms with van der Waals surface area (Å²) in [4.78, 5) is 0. The Kier molecular flexibility index (Phi) is 8.64. The molecule has 0 fully saturated rings. The van der Waals surface area contributed by atoms with Gasteiger partial charge in [0.15, 0.2) is 0 Å². The number of hydrogen-bond acceptors (Lipinski definition) is 0. The molecule has 0 saturated carbocycles. The van der Waals surface area contributed by atoms with E-state index in [1.54, 1.807) is 0 Å². The van der Waals surface area contributed by atoms with Gasteiger partial charge in [0.25, 0.3) is 0 Å². The molecule has 0 atom stereocenters. The van der Waals surface area contributed by atoms with E-state index in [1.165, 1.54) is 76.5 Å². The number of rotatable bonds is 3. The molecular formula is C48H55Cl. The maximum atomic E-state index is 6.83. The fourth-order valence-electron chi connectivity index (χ4n) is 8.08. The van der Waals surface area contributed by atoms with Gasteiger partial charge in [0.2, 0.25) is 0 Å². The summed E-state index contributed by atoms with van der Waals surface area (Å²) in [5.41, 5.74) is 14.5. The lowest BCUT2D eigenvalue weighted by Crippen LogP contribution is -2.34. The SMILES string of the molecule is Cc1ccc(C(c2cccc(Cl)c2)=c2c(C(C)(C)C)c(C(C)(C)C)c(C3=CC=CC3)c3c2=c2cc(C(C)(C)C)c(C(C)(C)C)cc2=C3)cc1. The third kappa shape index (κ3) is 6.43. The zero-order valence-corrected chi connectivity index (χ0v) is 32.9. The summed E-state index contributed by atoms with van der Waals surface area (Å²) in [5, 5.41) is 6.11. The van der Waals surface area contributed by atoms with E-state index in [1.807, 2.05) is 6.07 Å². The van der Waals surface area contributed by atoms with Crippen molar-refractivity contribution in [1.82, 2.24) is 0 Å². The molecule has 6 rings (SSSR count). The zero-order valence-electron chi connectivity index (χ0n) is 32.2. The highest BCUT2D eigenvalue weighted by Crippen LogP contribution is 2.43. The Balaban J connectivity index is 2.08. The van der Waals surface area contributed by atoms with Crippen molar-refractivity contribution in [3.05, 3.63) is 155 Å². The fraction of sp³-hybridized carbons (Fsp3) is 0.375. The van der Waals surface area contributed by atoms with Gasteiger partial charge in [0.05, 0.1) is 0 Å². The predicted octanol–water partition coefficient (Wildman–Crippen LogP) is 11.9. The molecule has 0 saturated heterocycles. The molecule has 49 heavy (non-hydrogen) atoms. The molecule has 0 nitrogen and oxygen atoms in total. The molecule has 0 unspecified atom stereocenters. The molecule has 2 aliphatic carbocycles. The maximum Gasteiger partial charge on any atom is 0.0412 e. The van der Waals surface area contributed by atoms with Gasteiger partial charge in [-0.2, -0.15) is 0 Å². The van der Waals surface area contributed by atoms with Gasteiger partial charge in [-0.05, 0) is 136 Å². The highest BCUT2D eigenvalue weighted by molar-refractivity contribution is 6.30. The van der Waals surface area contributed by atoms with E-state index in [4.69, 9.17) is 11.6 Å². The van der Waals surface area contributed by atoms with Gasteiger partial charge in [-0.25, -0.2) is 0 Å². The summed E-state index contributed by atoms with van der Waals surface area (Å²) in [6, 6.07) is 22.7. The van der Waals surface area contributed by atoms with Gasteiger partial charge in [0.1, 0.15) is 0 Å². The first-order valence-corrected chi connectivity index (χ1v) is 18.4. The number of benzene rings is 4. The minimum absolute atomic E-state index is 0.0108. The first kappa shape index (κ1) is 35.2. The summed E-state index contributed by atoms with van der Waals surface area (Å²) >= 11 is 6.83. The second-order valence-corrected chi connectivity index (χ2v) is 18.9. The Hall–Kier alpha value is -3.61.